The smallest absolute Gasteiger partial charge is 0.277 e. The van der Waals surface area contributed by atoms with Crippen LogP contribution in [0.1, 0.15) is 50.2 Å². The second-order valence-electron chi connectivity index (χ2n) is 9.69. The van der Waals surface area contributed by atoms with Crippen molar-refractivity contribution in [3.63, 3.8) is 0 Å². The molecule has 0 aliphatic carbocycles. The molecule has 214 valence electrons. The van der Waals surface area contributed by atoms with Crippen LogP contribution in [0.5, 0.6) is 5.75 Å². The minimum atomic E-state index is -4.01. The molecule has 0 aliphatic rings. The third-order valence-electron chi connectivity index (χ3n) is 6.30. The molecular formula is C28H35N5O5S2. The van der Waals surface area contributed by atoms with Gasteiger partial charge in [-0.2, -0.15) is 11.8 Å². The monoisotopic (exact) mass is 585 g/mol. The summed E-state index contributed by atoms with van der Waals surface area (Å²) in [6.07, 6.45) is 0.459. The van der Waals surface area contributed by atoms with Gasteiger partial charge in [-0.05, 0) is 49.8 Å². The molecule has 0 amide bonds. The van der Waals surface area contributed by atoms with E-state index < -0.39 is 16.1 Å². The summed E-state index contributed by atoms with van der Waals surface area (Å²) in [5, 5.41) is 14.5. The fraction of sp³-hybridized carbons (Fsp3) is 0.393. The van der Waals surface area contributed by atoms with Crippen molar-refractivity contribution < 1.29 is 18.3 Å². The number of aliphatic hydroxyl groups excluding tert-OH is 1. The van der Waals surface area contributed by atoms with E-state index in [0.29, 0.717) is 47.1 Å². The zero-order valence-electron chi connectivity index (χ0n) is 23.0. The molecule has 0 radical (unpaired) electrons. The number of aromatic nitrogens is 4. The summed E-state index contributed by atoms with van der Waals surface area (Å²) in [6.45, 7) is 7.47. The van der Waals surface area contributed by atoms with Gasteiger partial charge in [0.1, 0.15) is 11.6 Å². The summed E-state index contributed by atoms with van der Waals surface area (Å²) < 4.78 is 36.6. The molecule has 0 saturated heterocycles. The van der Waals surface area contributed by atoms with Crippen molar-refractivity contribution >= 4 is 27.3 Å². The van der Waals surface area contributed by atoms with E-state index in [1.54, 1.807) is 24.8 Å². The number of rotatable bonds is 13. The van der Waals surface area contributed by atoms with Gasteiger partial charge in [-0.15, -0.1) is 5.10 Å². The number of sulfonamides is 1. The van der Waals surface area contributed by atoms with Gasteiger partial charge >= 0.3 is 0 Å². The lowest BCUT2D eigenvalue weighted by Crippen LogP contribution is -2.37. The Morgan fingerprint density at radius 2 is 1.93 bits per heavy atom. The largest absolute Gasteiger partial charge is 0.493 e. The van der Waals surface area contributed by atoms with E-state index in [0.717, 1.165) is 5.75 Å². The number of hydrogen-bond acceptors (Lipinski definition) is 8. The Morgan fingerprint density at radius 3 is 2.60 bits per heavy atom. The van der Waals surface area contributed by atoms with E-state index in [1.165, 1.54) is 22.2 Å². The number of fused-ring (bicyclic) bond motifs is 1. The predicted molar refractivity (Wildman–Crippen MR) is 157 cm³/mol. The quantitative estimate of drug-likeness (QED) is 0.201. The highest BCUT2D eigenvalue weighted by Gasteiger charge is 2.24. The molecule has 4 aromatic rings. The van der Waals surface area contributed by atoms with Crippen molar-refractivity contribution in [1.29, 1.82) is 0 Å². The number of benzene rings is 2. The molecule has 2 aromatic carbocycles. The Balaban J connectivity index is 1.61. The topological polar surface area (TPSA) is 139 Å². The van der Waals surface area contributed by atoms with Crippen molar-refractivity contribution in [1.82, 2.24) is 24.3 Å². The van der Waals surface area contributed by atoms with E-state index in [-0.39, 0.29) is 28.8 Å². The van der Waals surface area contributed by atoms with Crippen LogP contribution in [0, 0.1) is 6.92 Å². The number of imidazole rings is 1. The van der Waals surface area contributed by atoms with Gasteiger partial charge in [-0.1, -0.05) is 44.2 Å². The Kier molecular flexibility index (Phi) is 9.67. The van der Waals surface area contributed by atoms with Crippen LogP contribution in [0.2, 0.25) is 0 Å². The maximum atomic E-state index is 13.4. The summed E-state index contributed by atoms with van der Waals surface area (Å²) in [7, 11) is -4.01. The molecular weight excluding hydrogens is 550 g/mol. The molecule has 0 spiro atoms. The maximum Gasteiger partial charge on any atom is 0.277 e. The molecule has 1 atom stereocenters. The predicted octanol–water partition coefficient (Wildman–Crippen LogP) is 3.88. The molecule has 10 nitrogen and oxygen atoms in total. The number of aromatic amines is 1. The molecule has 0 bridgehead atoms. The lowest BCUT2D eigenvalue weighted by Gasteiger charge is -2.17. The van der Waals surface area contributed by atoms with Crippen LogP contribution in [-0.2, 0) is 15.8 Å². The van der Waals surface area contributed by atoms with Crippen LogP contribution < -0.4 is 15.0 Å². The lowest BCUT2D eigenvalue weighted by atomic mass is 10.2. The van der Waals surface area contributed by atoms with Gasteiger partial charge in [0.2, 0.25) is 10.0 Å². The summed E-state index contributed by atoms with van der Waals surface area (Å²) in [6, 6.07) is 13.8. The van der Waals surface area contributed by atoms with E-state index in [9.17, 15) is 18.3 Å². The average molecular weight is 586 g/mol. The molecule has 2 heterocycles. The second-order valence-corrected chi connectivity index (χ2v) is 12.5. The number of aliphatic hydroxyl groups is 1. The van der Waals surface area contributed by atoms with Crippen LogP contribution in [-0.4, -0.2) is 58.1 Å². The summed E-state index contributed by atoms with van der Waals surface area (Å²) in [5.41, 5.74) is 2.03. The Morgan fingerprint density at radius 1 is 1.18 bits per heavy atom. The first-order valence-corrected chi connectivity index (χ1v) is 15.8. The first-order valence-electron chi connectivity index (χ1n) is 13.2. The lowest BCUT2D eigenvalue weighted by molar-refractivity contribution is 0.254. The maximum absolute atomic E-state index is 13.4. The fourth-order valence-corrected chi connectivity index (χ4v) is 6.61. The number of H-pyrrole nitrogens is 1. The SMILES string of the molecule is CCOc1ccc(S(=O)(=O)NC(CO)CCSCc2ccccc2)cc1-c1nn2c(C(C)C)nc(C)c2c(=O)[nH]1. The molecule has 1 unspecified atom stereocenters. The summed E-state index contributed by atoms with van der Waals surface area (Å²) in [5.74, 6) is 2.64. The molecule has 4 rings (SSSR count). The minimum absolute atomic E-state index is 0.00638. The number of ether oxygens (including phenoxy) is 1. The fourth-order valence-electron chi connectivity index (χ4n) is 4.30. The van der Waals surface area contributed by atoms with Crippen molar-refractivity contribution in [3.05, 3.63) is 76.0 Å². The molecule has 0 aliphatic heterocycles. The zero-order chi connectivity index (χ0) is 28.9. The van der Waals surface area contributed by atoms with Gasteiger partial charge < -0.3 is 14.8 Å². The van der Waals surface area contributed by atoms with Gasteiger partial charge in [0.05, 0.1) is 29.4 Å². The summed E-state index contributed by atoms with van der Waals surface area (Å²) >= 11 is 1.67. The molecule has 40 heavy (non-hydrogen) atoms. The van der Waals surface area contributed by atoms with Gasteiger partial charge in [0.25, 0.3) is 5.56 Å². The first-order chi connectivity index (χ1) is 19.1. The number of aryl methyl sites for hydroxylation is 1. The van der Waals surface area contributed by atoms with Crippen LogP contribution in [0.3, 0.4) is 0 Å². The van der Waals surface area contributed by atoms with Gasteiger partial charge in [-0.25, -0.2) is 22.6 Å². The van der Waals surface area contributed by atoms with Gasteiger partial charge in [0, 0.05) is 17.7 Å². The Labute approximate surface area is 238 Å². The number of thioether (sulfide) groups is 1. The molecule has 3 N–H and O–H groups in total. The van der Waals surface area contributed by atoms with Crippen LogP contribution >= 0.6 is 11.8 Å². The van der Waals surface area contributed by atoms with E-state index in [4.69, 9.17) is 4.74 Å². The van der Waals surface area contributed by atoms with Gasteiger partial charge in [0.15, 0.2) is 11.3 Å². The van der Waals surface area contributed by atoms with Crippen LogP contribution in [0.4, 0.5) is 0 Å². The van der Waals surface area contributed by atoms with E-state index in [2.05, 4.69) is 19.8 Å². The first kappa shape index (κ1) is 29.8. The molecule has 2 aromatic heterocycles. The Bertz CT molecular complexity index is 1620. The highest BCUT2D eigenvalue weighted by molar-refractivity contribution is 7.98. The second kappa shape index (κ2) is 13.0. The average Bonchev–Trinajstić information content (AvgIpc) is 3.28. The zero-order valence-corrected chi connectivity index (χ0v) is 24.7. The molecule has 0 fully saturated rings. The van der Waals surface area contributed by atoms with E-state index in [1.807, 2.05) is 51.1 Å². The number of nitrogens with zero attached hydrogens (tertiary/aromatic N) is 3. The van der Waals surface area contributed by atoms with Crippen molar-refractivity contribution in [2.45, 2.75) is 56.7 Å². The standard InChI is InChI=1S/C28H35N5O5S2/c1-5-38-24-12-11-22(40(36,37)32-21(16-34)13-14-39-17-20-9-7-6-8-10-20)15-23(24)26-30-28(35)25-19(4)29-27(18(2)3)33(25)31-26/h6-12,15,18,21,32,34H,5,13-14,16-17H2,1-4H3,(H,30,31,35). The van der Waals surface area contributed by atoms with E-state index >= 15 is 0 Å². The van der Waals surface area contributed by atoms with Crippen LogP contribution in [0.15, 0.2) is 58.2 Å². The Hall–Kier alpha value is -3.19. The third-order valence-corrected chi connectivity index (χ3v) is 8.88. The third kappa shape index (κ3) is 6.74. The minimum Gasteiger partial charge on any atom is -0.493 e. The summed E-state index contributed by atoms with van der Waals surface area (Å²) in [4.78, 5) is 20.3. The normalized spacial score (nSPS) is 12.8. The van der Waals surface area contributed by atoms with Crippen LogP contribution in [0.25, 0.3) is 16.9 Å². The van der Waals surface area contributed by atoms with Crippen molar-refractivity contribution in [2.24, 2.45) is 0 Å². The number of hydrogen-bond donors (Lipinski definition) is 3. The highest BCUT2D eigenvalue weighted by atomic mass is 32.2. The molecule has 12 heteroatoms. The molecule has 0 saturated carbocycles. The van der Waals surface area contributed by atoms with Gasteiger partial charge in [-0.3, -0.25) is 4.79 Å². The highest BCUT2D eigenvalue weighted by Crippen LogP contribution is 2.31. The van der Waals surface area contributed by atoms with Crippen molar-refractivity contribution in [2.75, 3.05) is 19.0 Å². The number of nitrogens with one attached hydrogen (secondary N) is 2. The van der Waals surface area contributed by atoms with Crippen molar-refractivity contribution in [3.8, 4) is 17.1 Å².